The molecule has 1 aromatic rings. The Bertz CT molecular complexity index is 639. The molecular formula is C20H31NO4Si. The largest absolute Gasteiger partial charge is 0.461 e. The number of nitrogens with zero attached hydrogens (tertiary/aromatic N) is 1. The molecule has 5 nitrogen and oxygen atoms in total. The molecule has 1 heterocycles. The van der Waals surface area contributed by atoms with Crippen LogP contribution in [0.5, 0.6) is 0 Å². The normalized spacial score (nSPS) is 19.1. The van der Waals surface area contributed by atoms with E-state index >= 15 is 0 Å². The highest BCUT2D eigenvalue weighted by molar-refractivity contribution is 6.79. The predicted molar refractivity (Wildman–Crippen MR) is 104 cm³/mol. The Labute approximate surface area is 157 Å². The van der Waals surface area contributed by atoms with E-state index in [1.54, 1.807) is 0 Å². The summed E-state index contributed by atoms with van der Waals surface area (Å²) < 4.78 is 7.24. The van der Waals surface area contributed by atoms with Gasteiger partial charge >= 0.3 is 5.97 Å². The van der Waals surface area contributed by atoms with Gasteiger partial charge in [0, 0.05) is 12.5 Å². The topological polar surface area (TPSA) is 66.8 Å². The van der Waals surface area contributed by atoms with E-state index in [-0.39, 0.29) is 30.0 Å². The van der Waals surface area contributed by atoms with Crippen LogP contribution in [-0.2, 0) is 20.9 Å². The van der Waals surface area contributed by atoms with Crippen LogP contribution in [0.4, 0.5) is 0 Å². The molecular weight excluding hydrogens is 346 g/mol. The summed E-state index contributed by atoms with van der Waals surface area (Å²) >= 11 is 0. The first-order chi connectivity index (χ1) is 12.0. The van der Waals surface area contributed by atoms with Crippen molar-refractivity contribution in [3.05, 3.63) is 35.9 Å². The molecule has 0 bridgehead atoms. The van der Waals surface area contributed by atoms with Gasteiger partial charge in [0.25, 0.3) is 0 Å². The summed E-state index contributed by atoms with van der Waals surface area (Å²) in [5.41, 5.74) is 0.920. The van der Waals surface area contributed by atoms with Crippen LogP contribution in [0.15, 0.2) is 30.3 Å². The van der Waals surface area contributed by atoms with E-state index in [1.807, 2.05) is 34.9 Å². The molecule has 1 amide bonds. The Kier molecular flexibility index (Phi) is 6.29. The maximum atomic E-state index is 12.2. The SMILES string of the molecule is CC(C)(C)[Si](C)(C)N1C(=O)CC1CC(O)CC(=O)OCc1ccccc1. The van der Waals surface area contributed by atoms with Crippen LogP contribution < -0.4 is 0 Å². The van der Waals surface area contributed by atoms with Crippen molar-refractivity contribution in [2.45, 2.75) is 76.9 Å². The highest BCUT2D eigenvalue weighted by atomic mass is 28.3. The number of benzene rings is 1. The van der Waals surface area contributed by atoms with Crippen molar-refractivity contribution in [2.75, 3.05) is 0 Å². The van der Waals surface area contributed by atoms with Gasteiger partial charge < -0.3 is 14.4 Å². The molecule has 0 aromatic heterocycles. The van der Waals surface area contributed by atoms with Crippen LogP contribution in [0.25, 0.3) is 0 Å². The summed E-state index contributed by atoms with van der Waals surface area (Å²) in [6, 6.07) is 9.49. The lowest BCUT2D eigenvalue weighted by Gasteiger charge is -2.55. The molecule has 1 N–H and O–H groups in total. The smallest absolute Gasteiger partial charge is 0.308 e. The second kappa shape index (κ2) is 7.92. The molecule has 1 aliphatic heterocycles. The van der Waals surface area contributed by atoms with Crippen molar-refractivity contribution in [1.82, 2.24) is 4.57 Å². The number of ether oxygens (including phenoxy) is 1. The molecule has 144 valence electrons. The molecule has 26 heavy (non-hydrogen) atoms. The fourth-order valence-electron chi connectivity index (χ4n) is 3.19. The van der Waals surface area contributed by atoms with E-state index in [4.69, 9.17) is 4.74 Å². The lowest BCUT2D eigenvalue weighted by Crippen LogP contribution is -2.68. The minimum absolute atomic E-state index is 0.0281. The van der Waals surface area contributed by atoms with Crippen LogP contribution in [0.3, 0.4) is 0 Å². The number of β-lactam (4-membered cyclic amide) rings is 1. The molecule has 0 radical (unpaired) electrons. The maximum Gasteiger partial charge on any atom is 0.308 e. The highest BCUT2D eigenvalue weighted by Gasteiger charge is 2.51. The summed E-state index contributed by atoms with van der Waals surface area (Å²) in [6.45, 7) is 11.1. The second-order valence-corrected chi connectivity index (χ2v) is 13.8. The number of amides is 1. The van der Waals surface area contributed by atoms with Gasteiger partial charge in [-0.05, 0) is 17.0 Å². The van der Waals surface area contributed by atoms with Crippen LogP contribution in [0.1, 0.15) is 45.6 Å². The molecule has 1 fully saturated rings. The lowest BCUT2D eigenvalue weighted by molar-refractivity contribution is -0.147. The summed E-state index contributed by atoms with van der Waals surface area (Å²) in [7, 11) is -1.96. The van der Waals surface area contributed by atoms with Gasteiger partial charge in [-0.25, -0.2) is 0 Å². The molecule has 0 spiro atoms. The Balaban J connectivity index is 1.84. The third-order valence-electron chi connectivity index (χ3n) is 5.67. The first-order valence-electron chi connectivity index (χ1n) is 9.22. The number of aliphatic hydroxyl groups excluding tert-OH is 1. The average Bonchev–Trinajstić information content (AvgIpc) is 2.51. The molecule has 6 heteroatoms. The van der Waals surface area contributed by atoms with Gasteiger partial charge in [-0.2, -0.15) is 0 Å². The number of aliphatic hydroxyl groups is 1. The third kappa shape index (κ3) is 4.74. The van der Waals surface area contributed by atoms with Crippen molar-refractivity contribution in [1.29, 1.82) is 0 Å². The standard InChI is InChI=1S/C20H31NO4Si/c1-20(2,3)26(4,5)21-16(12-18(21)23)11-17(22)13-19(24)25-14-15-9-7-6-8-10-15/h6-10,16-17,22H,11-14H2,1-5H3. The van der Waals surface area contributed by atoms with E-state index in [9.17, 15) is 14.7 Å². The quantitative estimate of drug-likeness (QED) is 0.449. The molecule has 2 atom stereocenters. The average molecular weight is 378 g/mol. The minimum atomic E-state index is -1.96. The van der Waals surface area contributed by atoms with E-state index in [0.717, 1.165) is 5.56 Å². The molecule has 2 unspecified atom stereocenters. The van der Waals surface area contributed by atoms with Crippen LogP contribution in [-0.4, -0.2) is 41.9 Å². The van der Waals surface area contributed by atoms with Gasteiger partial charge in [0.1, 0.15) is 6.61 Å². The third-order valence-corrected chi connectivity index (χ3v) is 11.2. The molecule has 1 saturated heterocycles. The summed E-state index contributed by atoms with van der Waals surface area (Å²) in [4.78, 5) is 24.1. The zero-order valence-electron chi connectivity index (χ0n) is 16.5. The van der Waals surface area contributed by atoms with E-state index in [2.05, 4.69) is 33.9 Å². The first kappa shape index (κ1) is 20.6. The van der Waals surface area contributed by atoms with Gasteiger partial charge in [-0.15, -0.1) is 0 Å². The Hall–Kier alpha value is -1.66. The molecule has 1 aliphatic rings. The number of carbonyl (C=O) groups is 2. The number of hydrogen-bond donors (Lipinski definition) is 1. The van der Waals surface area contributed by atoms with Crippen LogP contribution >= 0.6 is 0 Å². The van der Waals surface area contributed by atoms with Crippen LogP contribution in [0, 0.1) is 0 Å². The Morgan fingerprint density at radius 2 is 1.92 bits per heavy atom. The zero-order valence-corrected chi connectivity index (χ0v) is 17.5. The molecule has 0 saturated carbocycles. The lowest BCUT2D eigenvalue weighted by atomic mass is 9.98. The summed E-state index contributed by atoms with van der Waals surface area (Å²) in [5, 5.41) is 10.4. The van der Waals surface area contributed by atoms with Crippen molar-refractivity contribution < 1.29 is 19.4 Å². The van der Waals surface area contributed by atoms with Crippen molar-refractivity contribution in [3.63, 3.8) is 0 Å². The van der Waals surface area contributed by atoms with Gasteiger partial charge in [0.2, 0.25) is 5.91 Å². The van der Waals surface area contributed by atoms with E-state index < -0.39 is 20.3 Å². The van der Waals surface area contributed by atoms with Gasteiger partial charge in [-0.1, -0.05) is 64.2 Å². The number of rotatable bonds is 7. The molecule has 0 aliphatic carbocycles. The monoisotopic (exact) mass is 377 g/mol. The van der Waals surface area contributed by atoms with Gasteiger partial charge in [0.05, 0.1) is 12.5 Å². The van der Waals surface area contributed by atoms with Crippen molar-refractivity contribution in [3.8, 4) is 0 Å². The van der Waals surface area contributed by atoms with Gasteiger partial charge in [-0.3, -0.25) is 9.59 Å². The van der Waals surface area contributed by atoms with Gasteiger partial charge in [0.15, 0.2) is 8.24 Å². The fraction of sp³-hybridized carbons (Fsp3) is 0.600. The fourth-order valence-corrected chi connectivity index (χ4v) is 5.73. The Morgan fingerprint density at radius 1 is 1.31 bits per heavy atom. The van der Waals surface area contributed by atoms with Crippen molar-refractivity contribution >= 4 is 20.1 Å². The second-order valence-electron chi connectivity index (χ2n) is 8.67. The summed E-state index contributed by atoms with van der Waals surface area (Å²) in [6.07, 6.45) is 0.0631. The predicted octanol–water partition coefficient (Wildman–Crippen LogP) is 3.48. The number of carbonyl (C=O) groups excluding carboxylic acids is 2. The van der Waals surface area contributed by atoms with Crippen LogP contribution in [0.2, 0.25) is 18.1 Å². The van der Waals surface area contributed by atoms with Crippen molar-refractivity contribution in [2.24, 2.45) is 0 Å². The maximum absolute atomic E-state index is 12.2. The first-order valence-corrected chi connectivity index (χ1v) is 12.2. The minimum Gasteiger partial charge on any atom is -0.461 e. The van der Waals surface area contributed by atoms with E-state index in [0.29, 0.717) is 12.8 Å². The zero-order chi connectivity index (χ0) is 19.5. The van der Waals surface area contributed by atoms with E-state index in [1.165, 1.54) is 0 Å². The number of hydrogen-bond acceptors (Lipinski definition) is 4. The highest BCUT2D eigenvalue weighted by Crippen LogP contribution is 2.43. The molecule has 2 rings (SSSR count). The Morgan fingerprint density at radius 3 is 2.46 bits per heavy atom. The molecule has 1 aromatic carbocycles. The number of esters is 1. The summed E-state index contributed by atoms with van der Waals surface area (Å²) in [5.74, 6) is -0.244.